The average Bonchev–Trinajstić information content (AvgIpc) is 2.95. The summed E-state index contributed by atoms with van der Waals surface area (Å²) in [7, 11) is 0. The Morgan fingerprint density at radius 3 is 2.67 bits per heavy atom. The van der Waals surface area contributed by atoms with Crippen LogP contribution in [0.4, 0.5) is 5.69 Å². The van der Waals surface area contributed by atoms with Gasteiger partial charge in [-0.3, -0.25) is 4.79 Å². The Hall–Kier alpha value is -1.85. The largest absolute Gasteiger partial charge is 0.476 e. The summed E-state index contributed by atoms with van der Waals surface area (Å²) in [6.07, 6.45) is 6.84. The molecule has 1 heterocycles. The molecule has 1 aromatic rings. The predicted octanol–water partition coefficient (Wildman–Crippen LogP) is 2.79. The predicted molar refractivity (Wildman–Crippen MR) is 79.6 cm³/mol. The molecule has 1 aliphatic rings. The van der Waals surface area contributed by atoms with Gasteiger partial charge in [-0.05, 0) is 32.6 Å². The lowest BCUT2D eigenvalue weighted by atomic mass is 10.0. The van der Waals surface area contributed by atoms with Crippen LogP contribution >= 0.6 is 0 Å². The summed E-state index contributed by atoms with van der Waals surface area (Å²) in [4.78, 5) is 20.3. The quantitative estimate of drug-likeness (QED) is 0.836. The summed E-state index contributed by atoms with van der Waals surface area (Å²) in [6, 6.07) is 0.259. The van der Waals surface area contributed by atoms with Gasteiger partial charge in [0.05, 0.1) is 19.4 Å². The number of hydrogen-bond acceptors (Lipinski definition) is 5. The van der Waals surface area contributed by atoms with Gasteiger partial charge in [-0.2, -0.15) is 4.98 Å². The van der Waals surface area contributed by atoms with Crippen LogP contribution in [0.5, 0.6) is 11.9 Å². The second-order valence-electron chi connectivity index (χ2n) is 5.14. The van der Waals surface area contributed by atoms with E-state index in [2.05, 4.69) is 15.3 Å². The van der Waals surface area contributed by atoms with E-state index in [1.165, 1.54) is 19.0 Å². The lowest BCUT2D eigenvalue weighted by Gasteiger charge is -2.13. The van der Waals surface area contributed by atoms with Crippen LogP contribution in [0.15, 0.2) is 6.20 Å². The SMILES string of the molecule is CCOc1ncc(NC(=O)CC2CCCC2)c(OCC)n1. The summed E-state index contributed by atoms with van der Waals surface area (Å²) in [5.74, 6) is 0.857. The molecule has 116 valence electrons. The van der Waals surface area contributed by atoms with E-state index in [1.54, 1.807) is 0 Å². The van der Waals surface area contributed by atoms with Crippen LogP contribution in [0, 0.1) is 5.92 Å². The van der Waals surface area contributed by atoms with E-state index in [0.29, 0.717) is 37.1 Å². The molecule has 21 heavy (non-hydrogen) atoms. The minimum atomic E-state index is -0.00406. The lowest BCUT2D eigenvalue weighted by molar-refractivity contribution is -0.117. The van der Waals surface area contributed by atoms with E-state index in [-0.39, 0.29) is 11.9 Å². The molecule has 1 amide bonds. The van der Waals surface area contributed by atoms with Crippen LogP contribution < -0.4 is 14.8 Å². The molecule has 1 fully saturated rings. The highest BCUT2D eigenvalue weighted by Gasteiger charge is 2.19. The van der Waals surface area contributed by atoms with Crippen molar-refractivity contribution in [2.45, 2.75) is 46.0 Å². The highest BCUT2D eigenvalue weighted by molar-refractivity contribution is 5.91. The Morgan fingerprint density at radius 1 is 1.29 bits per heavy atom. The molecule has 0 aromatic carbocycles. The Kier molecular flexibility index (Phi) is 5.78. The highest BCUT2D eigenvalue weighted by Crippen LogP contribution is 2.29. The topological polar surface area (TPSA) is 73.3 Å². The first-order valence-electron chi connectivity index (χ1n) is 7.65. The molecule has 6 nitrogen and oxygen atoms in total. The summed E-state index contributed by atoms with van der Waals surface area (Å²) < 4.78 is 10.7. The van der Waals surface area contributed by atoms with Crippen molar-refractivity contribution < 1.29 is 14.3 Å². The first kappa shape index (κ1) is 15.5. The fraction of sp³-hybridized carbons (Fsp3) is 0.667. The van der Waals surface area contributed by atoms with E-state index >= 15 is 0 Å². The molecular formula is C15H23N3O3. The second kappa shape index (κ2) is 7.81. The number of aromatic nitrogens is 2. The van der Waals surface area contributed by atoms with Crippen LogP contribution in [0.2, 0.25) is 0 Å². The zero-order chi connectivity index (χ0) is 15.1. The van der Waals surface area contributed by atoms with Crippen LogP contribution in [-0.2, 0) is 4.79 Å². The third-order valence-corrected chi connectivity index (χ3v) is 3.51. The molecule has 0 bridgehead atoms. The maximum atomic E-state index is 12.1. The number of rotatable bonds is 7. The van der Waals surface area contributed by atoms with Gasteiger partial charge in [-0.25, -0.2) is 4.98 Å². The van der Waals surface area contributed by atoms with Gasteiger partial charge >= 0.3 is 6.01 Å². The van der Waals surface area contributed by atoms with Crippen LogP contribution in [0.1, 0.15) is 46.0 Å². The maximum absolute atomic E-state index is 12.1. The van der Waals surface area contributed by atoms with Gasteiger partial charge in [0.1, 0.15) is 5.69 Å². The number of hydrogen-bond donors (Lipinski definition) is 1. The molecule has 0 saturated heterocycles. The molecule has 0 spiro atoms. The molecule has 0 atom stereocenters. The number of carbonyl (C=O) groups is 1. The van der Waals surface area contributed by atoms with Crippen LogP contribution in [0.3, 0.4) is 0 Å². The minimum Gasteiger partial charge on any atom is -0.476 e. The second-order valence-corrected chi connectivity index (χ2v) is 5.14. The van der Waals surface area contributed by atoms with Crippen LogP contribution in [-0.4, -0.2) is 29.1 Å². The molecule has 2 rings (SSSR count). The number of amides is 1. The van der Waals surface area contributed by atoms with Crippen molar-refractivity contribution in [3.63, 3.8) is 0 Å². The standard InChI is InChI=1S/C15H23N3O3/c1-3-20-14-12(10-16-15(18-14)21-4-2)17-13(19)9-11-7-5-6-8-11/h10-11H,3-9H2,1-2H3,(H,17,19). The number of anilines is 1. The lowest BCUT2D eigenvalue weighted by Crippen LogP contribution is -2.16. The Morgan fingerprint density at radius 2 is 2.00 bits per heavy atom. The molecule has 1 N–H and O–H groups in total. The molecule has 1 saturated carbocycles. The van der Waals surface area contributed by atoms with Crippen molar-refractivity contribution in [2.24, 2.45) is 5.92 Å². The van der Waals surface area contributed by atoms with E-state index in [1.807, 2.05) is 13.8 Å². The van der Waals surface area contributed by atoms with Crippen molar-refractivity contribution in [3.8, 4) is 11.9 Å². The van der Waals surface area contributed by atoms with Gasteiger partial charge in [-0.1, -0.05) is 12.8 Å². The van der Waals surface area contributed by atoms with Crippen molar-refractivity contribution in [2.75, 3.05) is 18.5 Å². The minimum absolute atomic E-state index is 0.00406. The monoisotopic (exact) mass is 293 g/mol. The first-order chi connectivity index (χ1) is 10.2. The number of ether oxygens (including phenoxy) is 2. The molecular weight excluding hydrogens is 270 g/mol. The zero-order valence-electron chi connectivity index (χ0n) is 12.7. The molecule has 1 aromatic heterocycles. The molecule has 0 aliphatic heterocycles. The average molecular weight is 293 g/mol. The number of nitrogens with one attached hydrogen (secondary N) is 1. The van der Waals surface area contributed by atoms with E-state index in [4.69, 9.17) is 9.47 Å². The molecule has 0 radical (unpaired) electrons. The van der Waals surface area contributed by atoms with E-state index < -0.39 is 0 Å². The van der Waals surface area contributed by atoms with Gasteiger partial charge in [0, 0.05) is 6.42 Å². The summed E-state index contributed by atoms with van der Waals surface area (Å²) in [6.45, 7) is 4.68. The van der Waals surface area contributed by atoms with Gasteiger partial charge in [0.2, 0.25) is 11.8 Å². The highest BCUT2D eigenvalue weighted by atomic mass is 16.5. The van der Waals surface area contributed by atoms with Gasteiger partial charge < -0.3 is 14.8 Å². The summed E-state index contributed by atoms with van der Waals surface area (Å²) in [5, 5.41) is 2.85. The Bertz CT molecular complexity index is 473. The Labute approximate surface area is 125 Å². The van der Waals surface area contributed by atoms with Gasteiger partial charge in [-0.15, -0.1) is 0 Å². The Balaban J connectivity index is 2.01. The normalized spacial score (nSPS) is 15.0. The number of nitrogens with zero attached hydrogens (tertiary/aromatic N) is 2. The third kappa shape index (κ3) is 4.58. The fourth-order valence-electron chi connectivity index (χ4n) is 2.56. The first-order valence-corrected chi connectivity index (χ1v) is 7.65. The smallest absolute Gasteiger partial charge is 0.319 e. The van der Waals surface area contributed by atoms with Crippen LogP contribution in [0.25, 0.3) is 0 Å². The molecule has 6 heteroatoms. The van der Waals surface area contributed by atoms with E-state index in [0.717, 1.165) is 12.8 Å². The van der Waals surface area contributed by atoms with Gasteiger partial charge in [0.15, 0.2) is 0 Å². The summed E-state index contributed by atoms with van der Waals surface area (Å²) in [5.41, 5.74) is 0.503. The maximum Gasteiger partial charge on any atom is 0.319 e. The number of carbonyl (C=O) groups excluding carboxylic acids is 1. The fourth-order valence-corrected chi connectivity index (χ4v) is 2.56. The summed E-state index contributed by atoms with van der Waals surface area (Å²) >= 11 is 0. The van der Waals surface area contributed by atoms with Crippen molar-refractivity contribution in [1.29, 1.82) is 0 Å². The van der Waals surface area contributed by atoms with E-state index in [9.17, 15) is 4.79 Å². The molecule has 0 unspecified atom stereocenters. The van der Waals surface area contributed by atoms with Gasteiger partial charge in [0.25, 0.3) is 0 Å². The van der Waals surface area contributed by atoms with Crippen molar-refractivity contribution in [3.05, 3.63) is 6.20 Å². The van der Waals surface area contributed by atoms with Crippen molar-refractivity contribution in [1.82, 2.24) is 9.97 Å². The zero-order valence-corrected chi connectivity index (χ0v) is 12.7. The molecule has 1 aliphatic carbocycles. The van der Waals surface area contributed by atoms with Crippen molar-refractivity contribution >= 4 is 11.6 Å². The third-order valence-electron chi connectivity index (χ3n) is 3.51.